The van der Waals surface area contributed by atoms with E-state index < -0.39 is 0 Å². The van der Waals surface area contributed by atoms with Crippen molar-refractivity contribution in [3.8, 4) is 22.6 Å². The largest absolute Gasteiger partial charge is 0.396 e. The number of pyridine rings is 1. The van der Waals surface area contributed by atoms with Crippen LogP contribution in [-0.2, 0) is 0 Å². The van der Waals surface area contributed by atoms with E-state index >= 15 is 0 Å². The molecule has 0 fully saturated rings. The highest BCUT2D eigenvalue weighted by molar-refractivity contribution is 5.67. The number of benzene rings is 1. The highest BCUT2D eigenvalue weighted by Gasteiger charge is 2.08. The van der Waals surface area contributed by atoms with E-state index in [1.165, 1.54) is 0 Å². The zero-order chi connectivity index (χ0) is 15.9. The van der Waals surface area contributed by atoms with Crippen molar-refractivity contribution < 1.29 is 5.11 Å². The van der Waals surface area contributed by atoms with Gasteiger partial charge in [-0.1, -0.05) is 30.3 Å². The second-order valence-corrected chi connectivity index (χ2v) is 5.07. The van der Waals surface area contributed by atoms with E-state index in [0.717, 1.165) is 22.6 Å². The zero-order valence-corrected chi connectivity index (χ0v) is 12.7. The number of rotatable bonds is 6. The Bertz CT molecular complexity index is 690. The van der Waals surface area contributed by atoms with Crippen LogP contribution >= 0.6 is 0 Å². The fraction of sp³-hybridized carbons (Fsp3) is 0.167. The molecule has 2 heterocycles. The van der Waals surface area contributed by atoms with E-state index in [-0.39, 0.29) is 6.61 Å². The predicted molar refractivity (Wildman–Crippen MR) is 90.9 cm³/mol. The lowest BCUT2D eigenvalue weighted by Gasteiger charge is -2.10. The van der Waals surface area contributed by atoms with Gasteiger partial charge < -0.3 is 10.4 Å². The lowest BCUT2D eigenvalue weighted by Crippen LogP contribution is -2.06. The monoisotopic (exact) mass is 306 g/mol. The molecule has 0 aliphatic heterocycles. The second kappa shape index (κ2) is 7.47. The summed E-state index contributed by atoms with van der Waals surface area (Å²) in [4.78, 5) is 13.3. The fourth-order valence-corrected chi connectivity index (χ4v) is 2.22. The predicted octanol–water partition coefficient (Wildman–Crippen LogP) is 3.00. The van der Waals surface area contributed by atoms with Gasteiger partial charge in [-0.2, -0.15) is 0 Å². The van der Waals surface area contributed by atoms with Crippen LogP contribution in [0.15, 0.2) is 60.9 Å². The standard InChI is InChI=1S/C18H18N4O/c23-12-4-9-20-17-13-16(14-5-2-1-3-6-14)21-18(22-17)15-7-10-19-11-8-15/h1-3,5-8,10-11,13,23H,4,9,12H2,(H,20,21,22). The normalized spacial score (nSPS) is 10.5. The second-order valence-electron chi connectivity index (χ2n) is 5.07. The molecule has 0 aliphatic rings. The first kappa shape index (κ1) is 15.1. The van der Waals surface area contributed by atoms with Gasteiger partial charge in [0.2, 0.25) is 0 Å². The Kier molecular flexibility index (Phi) is 4.91. The number of nitrogens with one attached hydrogen (secondary N) is 1. The van der Waals surface area contributed by atoms with Crippen LogP contribution in [0.1, 0.15) is 6.42 Å². The van der Waals surface area contributed by atoms with E-state index in [4.69, 9.17) is 5.11 Å². The number of aromatic nitrogens is 3. The van der Waals surface area contributed by atoms with Crippen LogP contribution in [0.4, 0.5) is 5.82 Å². The van der Waals surface area contributed by atoms with Gasteiger partial charge in [0.15, 0.2) is 5.82 Å². The molecule has 1 aromatic carbocycles. The molecule has 3 rings (SSSR count). The van der Waals surface area contributed by atoms with Gasteiger partial charge >= 0.3 is 0 Å². The maximum Gasteiger partial charge on any atom is 0.162 e. The molecule has 0 atom stereocenters. The summed E-state index contributed by atoms with van der Waals surface area (Å²) in [6.45, 7) is 0.818. The molecule has 116 valence electrons. The van der Waals surface area contributed by atoms with Crippen LogP contribution in [0.3, 0.4) is 0 Å². The van der Waals surface area contributed by atoms with Gasteiger partial charge in [0.1, 0.15) is 5.82 Å². The topological polar surface area (TPSA) is 70.9 Å². The Morgan fingerprint density at radius 3 is 2.43 bits per heavy atom. The van der Waals surface area contributed by atoms with E-state index in [1.54, 1.807) is 12.4 Å². The average molecular weight is 306 g/mol. The molecule has 5 heteroatoms. The Labute approximate surface area is 135 Å². The molecular formula is C18H18N4O. The van der Waals surface area contributed by atoms with Crippen molar-refractivity contribution in [1.29, 1.82) is 0 Å². The number of anilines is 1. The van der Waals surface area contributed by atoms with Crippen LogP contribution in [0.5, 0.6) is 0 Å². The van der Waals surface area contributed by atoms with Crippen molar-refractivity contribution in [2.45, 2.75) is 6.42 Å². The molecule has 5 nitrogen and oxygen atoms in total. The Hall–Kier alpha value is -2.79. The molecular weight excluding hydrogens is 288 g/mol. The highest BCUT2D eigenvalue weighted by Crippen LogP contribution is 2.23. The molecule has 0 unspecified atom stereocenters. The summed E-state index contributed by atoms with van der Waals surface area (Å²) < 4.78 is 0. The Morgan fingerprint density at radius 2 is 1.70 bits per heavy atom. The minimum atomic E-state index is 0.154. The molecule has 0 radical (unpaired) electrons. The summed E-state index contributed by atoms with van der Waals surface area (Å²) in [6.07, 6.45) is 4.13. The van der Waals surface area contributed by atoms with E-state index in [2.05, 4.69) is 20.3 Å². The first-order chi connectivity index (χ1) is 11.4. The lowest BCUT2D eigenvalue weighted by molar-refractivity contribution is 0.292. The molecule has 0 saturated carbocycles. The third-order valence-corrected chi connectivity index (χ3v) is 3.38. The van der Waals surface area contributed by atoms with Crippen LogP contribution in [0.25, 0.3) is 22.6 Å². The Balaban J connectivity index is 2.00. The summed E-state index contributed by atoms with van der Waals surface area (Å²) in [5.74, 6) is 1.40. The summed E-state index contributed by atoms with van der Waals surface area (Å²) in [5.41, 5.74) is 2.82. The quantitative estimate of drug-likeness (QED) is 0.685. The lowest BCUT2D eigenvalue weighted by atomic mass is 10.1. The molecule has 0 saturated heterocycles. The van der Waals surface area contributed by atoms with Crippen LogP contribution in [0, 0.1) is 0 Å². The minimum Gasteiger partial charge on any atom is -0.396 e. The number of aliphatic hydroxyl groups excluding tert-OH is 1. The summed E-state index contributed by atoms with van der Waals surface area (Å²) >= 11 is 0. The molecule has 0 amide bonds. The Morgan fingerprint density at radius 1 is 0.913 bits per heavy atom. The maximum absolute atomic E-state index is 8.93. The van der Waals surface area contributed by atoms with E-state index in [0.29, 0.717) is 18.8 Å². The number of nitrogens with zero attached hydrogens (tertiary/aromatic N) is 3. The van der Waals surface area contributed by atoms with Crippen molar-refractivity contribution in [3.05, 3.63) is 60.9 Å². The van der Waals surface area contributed by atoms with Gasteiger partial charge in [0, 0.05) is 42.7 Å². The highest BCUT2D eigenvalue weighted by atomic mass is 16.3. The SMILES string of the molecule is OCCCNc1cc(-c2ccccc2)nc(-c2ccncc2)n1. The van der Waals surface area contributed by atoms with Gasteiger partial charge in [-0.05, 0) is 18.6 Å². The first-order valence-corrected chi connectivity index (χ1v) is 7.56. The molecule has 0 bridgehead atoms. The summed E-state index contributed by atoms with van der Waals surface area (Å²) in [6, 6.07) is 15.7. The maximum atomic E-state index is 8.93. The molecule has 0 spiro atoms. The molecule has 2 N–H and O–H groups in total. The third kappa shape index (κ3) is 3.90. The molecule has 3 aromatic rings. The van der Waals surface area contributed by atoms with Crippen molar-refractivity contribution in [1.82, 2.24) is 15.0 Å². The third-order valence-electron chi connectivity index (χ3n) is 3.38. The van der Waals surface area contributed by atoms with Gasteiger partial charge in [0.05, 0.1) is 5.69 Å². The van der Waals surface area contributed by atoms with E-state index in [9.17, 15) is 0 Å². The summed E-state index contributed by atoms with van der Waals surface area (Å²) in [5, 5.41) is 12.2. The fourth-order valence-electron chi connectivity index (χ4n) is 2.22. The van der Waals surface area contributed by atoms with E-state index in [1.807, 2.05) is 48.5 Å². The molecule has 2 aromatic heterocycles. The van der Waals surface area contributed by atoms with Gasteiger partial charge in [-0.25, -0.2) is 9.97 Å². The number of aliphatic hydroxyl groups is 1. The number of hydrogen-bond acceptors (Lipinski definition) is 5. The van der Waals surface area contributed by atoms with Gasteiger partial charge in [-0.3, -0.25) is 4.98 Å². The van der Waals surface area contributed by atoms with Crippen molar-refractivity contribution in [2.24, 2.45) is 0 Å². The minimum absolute atomic E-state index is 0.154. The van der Waals surface area contributed by atoms with Crippen LogP contribution in [-0.4, -0.2) is 33.2 Å². The molecule has 0 aliphatic carbocycles. The first-order valence-electron chi connectivity index (χ1n) is 7.56. The van der Waals surface area contributed by atoms with Crippen molar-refractivity contribution >= 4 is 5.82 Å². The van der Waals surface area contributed by atoms with Crippen molar-refractivity contribution in [3.63, 3.8) is 0 Å². The molecule has 23 heavy (non-hydrogen) atoms. The van der Waals surface area contributed by atoms with Crippen LogP contribution < -0.4 is 5.32 Å². The van der Waals surface area contributed by atoms with Gasteiger partial charge in [0.25, 0.3) is 0 Å². The summed E-state index contributed by atoms with van der Waals surface area (Å²) in [7, 11) is 0. The van der Waals surface area contributed by atoms with Gasteiger partial charge in [-0.15, -0.1) is 0 Å². The zero-order valence-electron chi connectivity index (χ0n) is 12.7. The average Bonchev–Trinajstić information content (AvgIpc) is 2.63. The van der Waals surface area contributed by atoms with Crippen molar-refractivity contribution in [2.75, 3.05) is 18.5 Å². The smallest absolute Gasteiger partial charge is 0.162 e. The number of hydrogen-bond donors (Lipinski definition) is 2. The van der Waals surface area contributed by atoms with Crippen LogP contribution in [0.2, 0.25) is 0 Å².